The maximum Gasteiger partial charge on any atom is 0.335 e. The fourth-order valence-electron chi connectivity index (χ4n) is 1.55. The molecule has 0 aliphatic carbocycles. The molecule has 0 heterocycles. The third-order valence-corrected chi connectivity index (χ3v) is 3.23. The van der Waals surface area contributed by atoms with Gasteiger partial charge in [-0.15, -0.1) is 0 Å². The van der Waals surface area contributed by atoms with Crippen LogP contribution < -0.4 is 5.32 Å². The van der Waals surface area contributed by atoms with Crippen molar-refractivity contribution in [3.05, 3.63) is 63.9 Å². The van der Waals surface area contributed by atoms with Crippen LogP contribution in [0.3, 0.4) is 0 Å². The first kappa shape index (κ1) is 14.2. The van der Waals surface area contributed by atoms with E-state index < -0.39 is 17.7 Å². The number of anilines is 1. The van der Waals surface area contributed by atoms with E-state index >= 15 is 0 Å². The van der Waals surface area contributed by atoms with E-state index in [4.69, 9.17) is 5.11 Å². The molecular weight excluding hydrogens is 329 g/mol. The van der Waals surface area contributed by atoms with Crippen LogP contribution in [0.15, 0.2) is 46.9 Å². The van der Waals surface area contributed by atoms with Gasteiger partial charge in [0, 0.05) is 10.0 Å². The molecule has 6 heteroatoms. The fraction of sp³-hybridized carbons (Fsp3) is 0. The average molecular weight is 338 g/mol. The minimum atomic E-state index is -1.05. The highest BCUT2D eigenvalue weighted by Crippen LogP contribution is 2.24. The van der Waals surface area contributed by atoms with E-state index in [0.29, 0.717) is 15.7 Å². The lowest BCUT2D eigenvalue weighted by molar-refractivity contribution is 0.0696. The standard InChI is InChI=1S/C14H9BrFNO3/c15-11-7-9(14(19)20)3-6-12(11)17-13(18)8-1-4-10(16)5-2-8/h1-7H,(H,17,18)(H,19,20). The molecule has 0 saturated carbocycles. The Morgan fingerprint density at radius 3 is 2.20 bits per heavy atom. The van der Waals surface area contributed by atoms with Gasteiger partial charge in [0.25, 0.3) is 5.91 Å². The van der Waals surface area contributed by atoms with Crippen LogP contribution in [0, 0.1) is 5.82 Å². The summed E-state index contributed by atoms with van der Waals surface area (Å²) in [5.41, 5.74) is 0.849. The van der Waals surface area contributed by atoms with Crippen molar-refractivity contribution in [1.82, 2.24) is 0 Å². The number of carbonyl (C=O) groups is 2. The van der Waals surface area contributed by atoms with Crippen molar-refractivity contribution in [2.45, 2.75) is 0 Å². The van der Waals surface area contributed by atoms with E-state index in [1.807, 2.05) is 0 Å². The molecule has 0 aliphatic heterocycles. The number of nitrogens with one attached hydrogen (secondary N) is 1. The van der Waals surface area contributed by atoms with Crippen LogP contribution in [0.1, 0.15) is 20.7 Å². The molecule has 0 fully saturated rings. The van der Waals surface area contributed by atoms with Gasteiger partial charge in [0.05, 0.1) is 11.3 Å². The summed E-state index contributed by atoms with van der Waals surface area (Å²) in [7, 11) is 0. The Balaban J connectivity index is 2.19. The van der Waals surface area contributed by atoms with E-state index in [2.05, 4.69) is 21.2 Å². The first-order chi connectivity index (χ1) is 9.47. The molecule has 2 N–H and O–H groups in total. The maximum absolute atomic E-state index is 12.8. The first-order valence-electron chi connectivity index (χ1n) is 5.57. The highest BCUT2D eigenvalue weighted by molar-refractivity contribution is 9.10. The lowest BCUT2D eigenvalue weighted by atomic mass is 10.2. The number of halogens is 2. The number of carboxylic acid groups (broad SMARTS) is 1. The smallest absolute Gasteiger partial charge is 0.335 e. The zero-order valence-electron chi connectivity index (χ0n) is 10.1. The lowest BCUT2D eigenvalue weighted by Gasteiger charge is -2.08. The molecule has 0 aliphatic rings. The van der Waals surface area contributed by atoms with Gasteiger partial charge in [-0.25, -0.2) is 9.18 Å². The van der Waals surface area contributed by atoms with Gasteiger partial charge in [-0.3, -0.25) is 4.79 Å². The summed E-state index contributed by atoms with van der Waals surface area (Å²) >= 11 is 3.19. The molecule has 2 rings (SSSR count). The Morgan fingerprint density at radius 1 is 1.05 bits per heavy atom. The molecular formula is C14H9BrFNO3. The van der Waals surface area contributed by atoms with Crippen molar-refractivity contribution in [2.75, 3.05) is 5.32 Å². The van der Waals surface area contributed by atoms with Crippen LogP contribution in [0.4, 0.5) is 10.1 Å². The quantitative estimate of drug-likeness (QED) is 0.900. The SMILES string of the molecule is O=C(O)c1ccc(NC(=O)c2ccc(F)cc2)c(Br)c1. The van der Waals surface area contributed by atoms with Crippen molar-refractivity contribution in [3.8, 4) is 0 Å². The van der Waals surface area contributed by atoms with Crippen molar-refractivity contribution in [2.24, 2.45) is 0 Å². The van der Waals surface area contributed by atoms with Crippen molar-refractivity contribution in [3.63, 3.8) is 0 Å². The molecule has 0 radical (unpaired) electrons. The number of amides is 1. The van der Waals surface area contributed by atoms with Gasteiger partial charge in [-0.05, 0) is 58.4 Å². The van der Waals surface area contributed by atoms with Crippen molar-refractivity contribution in [1.29, 1.82) is 0 Å². The van der Waals surface area contributed by atoms with Crippen LogP contribution in [0.2, 0.25) is 0 Å². The molecule has 2 aromatic carbocycles. The Morgan fingerprint density at radius 2 is 1.65 bits per heavy atom. The zero-order valence-corrected chi connectivity index (χ0v) is 11.6. The van der Waals surface area contributed by atoms with Gasteiger partial charge in [-0.2, -0.15) is 0 Å². The Labute approximate surface area is 122 Å². The summed E-state index contributed by atoms with van der Waals surface area (Å²) in [5, 5.41) is 11.5. The number of rotatable bonds is 3. The Kier molecular flexibility index (Phi) is 4.14. The second-order valence-corrected chi connectivity index (χ2v) is 4.82. The molecule has 4 nitrogen and oxygen atoms in total. The van der Waals surface area contributed by atoms with Gasteiger partial charge in [-0.1, -0.05) is 0 Å². The zero-order chi connectivity index (χ0) is 14.7. The summed E-state index contributed by atoms with van der Waals surface area (Å²) in [5.74, 6) is -1.88. The maximum atomic E-state index is 12.8. The molecule has 0 saturated heterocycles. The van der Waals surface area contributed by atoms with Gasteiger partial charge in [0.2, 0.25) is 0 Å². The second-order valence-electron chi connectivity index (χ2n) is 3.96. The molecule has 20 heavy (non-hydrogen) atoms. The summed E-state index contributed by atoms with van der Waals surface area (Å²) in [6, 6.07) is 9.37. The van der Waals surface area contributed by atoms with Gasteiger partial charge in [0.15, 0.2) is 0 Å². The third-order valence-electron chi connectivity index (χ3n) is 2.57. The van der Waals surface area contributed by atoms with Gasteiger partial charge in [0.1, 0.15) is 5.82 Å². The fourth-order valence-corrected chi connectivity index (χ4v) is 2.02. The van der Waals surface area contributed by atoms with Crippen molar-refractivity contribution >= 4 is 33.5 Å². The van der Waals surface area contributed by atoms with E-state index in [0.717, 1.165) is 0 Å². The summed E-state index contributed by atoms with van der Waals surface area (Å²) in [6.45, 7) is 0. The minimum Gasteiger partial charge on any atom is -0.478 e. The number of carbonyl (C=O) groups excluding carboxylic acids is 1. The van der Waals surface area contributed by atoms with Gasteiger partial charge < -0.3 is 10.4 Å². The molecule has 1 amide bonds. The predicted molar refractivity (Wildman–Crippen MR) is 75.5 cm³/mol. The number of benzene rings is 2. The summed E-state index contributed by atoms with van der Waals surface area (Å²) in [4.78, 5) is 22.7. The monoisotopic (exact) mass is 337 g/mol. The number of carboxylic acids is 1. The summed E-state index contributed by atoms with van der Waals surface area (Å²) in [6.07, 6.45) is 0. The molecule has 2 aromatic rings. The topological polar surface area (TPSA) is 66.4 Å². The molecule has 102 valence electrons. The number of aromatic carboxylic acids is 1. The molecule has 0 bridgehead atoms. The predicted octanol–water partition coefficient (Wildman–Crippen LogP) is 3.54. The number of hydrogen-bond donors (Lipinski definition) is 2. The minimum absolute atomic E-state index is 0.108. The van der Waals surface area contributed by atoms with E-state index in [-0.39, 0.29) is 5.56 Å². The molecule has 0 spiro atoms. The van der Waals surface area contributed by atoms with E-state index in [1.165, 1.54) is 42.5 Å². The van der Waals surface area contributed by atoms with Crippen LogP contribution in [0.5, 0.6) is 0 Å². The highest BCUT2D eigenvalue weighted by Gasteiger charge is 2.10. The first-order valence-corrected chi connectivity index (χ1v) is 6.36. The number of hydrogen-bond acceptors (Lipinski definition) is 2. The Hall–Kier alpha value is -2.21. The van der Waals surface area contributed by atoms with E-state index in [1.54, 1.807) is 0 Å². The highest BCUT2D eigenvalue weighted by atomic mass is 79.9. The van der Waals surface area contributed by atoms with Crippen LogP contribution in [-0.4, -0.2) is 17.0 Å². The van der Waals surface area contributed by atoms with Gasteiger partial charge >= 0.3 is 5.97 Å². The third kappa shape index (κ3) is 3.21. The molecule has 0 aromatic heterocycles. The lowest BCUT2D eigenvalue weighted by Crippen LogP contribution is -2.12. The normalized spacial score (nSPS) is 10.1. The van der Waals surface area contributed by atoms with Crippen LogP contribution >= 0.6 is 15.9 Å². The largest absolute Gasteiger partial charge is 0.478 e. The van der Waals surface area contributed by atoms with Crippen molar-refractivity contribution < 1.29 is 19.1 Å². The van der Waals surface area contributed by atoms with Crippen LogP contribution in [0.25, 0.3) is 0 Å². The Bertz CT molecular complexity index is 671. The van der Waals surface area contributed by atoms with Crippen LogP contribution in [-0.2, 0) is 0 Å². The summed E-state index contributed by atoms with van der Waals surface area (Å²) < 4.78 is 13.2. The second kappa shape index (κ2) is 5.83. The van der Waals surface area contributed by atoms with E-state index in [9.17, 15) is 14.0 Å². The molecule has 0 atom stereocenters. The average Bonchev–Trinajstić information content (AvgIpc) is 2.41. The molecule has 0 unspecified atom stereocenters.